The molecule has 84 valence electrons. The molecule has 0 amide bonds. The first-order chi connectivity index (χ1) is 0. The van der Waals surface area contributed by atoms with Crippen LogP contribution in [0.5, 0.6) is 0 Å². The van der Waals surface area contributed by atoms with Gasteiger partial charge in [0.2, 0.25) is 0 Å². The van der Waals surface area contributed by atoms with Crippen LogP contribution in [-0.2, 0) is 0 Å². The molecule has 0 spiro atoms. The zero-order chi connectivity index (χ0) is 0. The van der Waals surface area contributed by atoms with Gasteiger partial charge in [0.25, 0.3) is 0 Å². The van der Waals surface area contributed by atoms with E-state index in [0.717, 1.165) is 0 Å². The van der Waals surface area contributed by atoms with Crippen molar-refractivity contribution in [1.82, 2.24) is 0 Å². The van der Waals surface area contributed by atoms with Crippen molar-refractivity contribution in [3.63, 3.8) is 0 Å². The number of hydrogen-bond acceptors (Lipinski definition) is 0. The molecule has 0 aliphatic rings. The number of hydrogen-bond donors (Lipinski definition) is 0. The van der Waals surface area contributed by atoms with Gasteiger partial charge in [0, 0.05) is 0 Å². The first-order valence-electron chi connectivity index (χ1n) is 0. The molecule has 0 fully saturated rings. The summed E-state index contributed by atoms with van der Waals surface area (Å²) in [5, 5.41) is 0. The molecule has 12 heteroatoms. The van der Waals surface area contributed by atoms with Gasteiger partial charge in [0.05, 0.1) is 0 Å². The predicted octanol–water partition coefficient (Wildman–Crippen LogP) is -13.1. The van der Waals surface area contributed by atoms with E-state index in [1.807, 2.05) is 0 Å². The van der Waals surface area contributed by atoms with Gasteiger partial charge in [0.1, 0.15) is 0 Å². The second-order valence-corrected chi connectivity index (χ2v) is 0. The molecule has 12 heavy (non-hydrogen) atoms. The van der Waals surface area contributed by atoms with Crippen LogP contribution in [0, 0.1) is 0 Å². The van der Waals surface area contributed by atoms with Gasteiger partial charge in [-0.1, -0.05) is 0 Å². The van der Waals surface area contributed by atoms with Crippen molar-refractivity contribution in [3.05, 3.63) is 0 Å². The van der Waals surface area contributed by atoms with E-state index in [4.69, 9.17) is 0 Å². The van der Waals surface area contributed by atoms with Gasteiger partial charge in [-0.25, -0.2) is 0 Å². The van der Waals surface area contributed by atoms with Crippen LogP contribution in [0.3, 0.4) is 0 Å². The molecule has 0 aromatic rings. The van der Waals surface area contributed by atoms with Crippen molar-refractivity contribution < 1.29 is 111 Å². The van der Waals surface area contributed by atoms with Gasteiger partial charge in [-0.05, 0) is 0 Å². The van der Waals surface area contributed by atoms with E-state index in [2.05, 4.69) is 0 Å². The van der Waals surface area contributed by atoms with E-state index in [-0.39, 0.29) is 125 Å². The summed E-state index contributed by atoms with van der Waals surface area (Å²) in [5.74, 6) is 0. The predicted molar refractivity (Wildman–Crippen MR) is 45.1 cm³/mol. The van der Waals surface area contributed by atoms with Crippen LogP contribution in [0.4, 0.5) is 0 Å². The van der Waals surface area contributed by atoms with E-state index < -0.39 is 0 Å². The summed E-state index contributed by atoms with van der Waals surface area (Å²) in [6.07, 6.45) is 0. The maximum absolute atomic E-state index is 0. The number of rotatable bonds is 0. The normalized spacial score (nSPS) is 0. The summed E-state index contributed by atoms with van der Waals surface area (Å²) < 4.78 is 0. The first-order valence-corrected chi connectivity index (χ1v) is 0. The molecule has 0 aliphatic heterocycles. The molecular formula is H22Na2O9S. The Morgan fingerprint density at radius 2 is 0.333 bits per heavy atom. The van der Waals surface area contributed by atoms with Gasteiger partial charge < -0.3 is 52.1 Å². The smallest absolute Gasteiger partial charge is 1.00 e. The quantitative estimate of drug-likeness (QED) is 0.358. The van der Waals surface area contributed by atoms with Gasteiger partial charge in [-0.15, -0.1) is 0 Å². The molecule has 0 saturated carbocycles. The molecule has 0 aliphatic carbocycles. The maximum Gasteiger partial charge on any atom is 1.00 e. The maximum atomic E-state index is 0. The van der Waals surface area contributed by atoms with Crippen molar-refractivity contribution in [3.8, 4) is 0 Å². The Morgan fingerprint density at radius 1 is 0.333 bits per heavy atom. The van der Waals surface area contributed by atoms with Gasteiger partial charge in [-0.2, -0.15) is 13.5 Å². The van der Waals surface area contributed by atoms with Crippen molar-refractivity contribution in [2.24, 2.45) is 0 Å². The molecule has 0 aromatic carbocycles. The molecule has 18 N–H and O–H groups in total. The van der Waals surface area contributed by atoms with Crippen LogP contribution in [0.1, 0.15) is 2.85 Å². The summed E-state index contributed by atoms with van der Waals surface area (Å²) in [6, 6.07) is 0. The van der Waals surface area contributed by atoms with E-state index in [9.17, 15) is 0 Å². The van der Waals surface area contributed by atoms with E-state index in [1.165, 1.54) is 0 Å². The molecule has 0 radical (unpaired) electrons. The Bertz CT molecular complexity index is 20.8. The van der Waals surface area contributed by atoms with Gasteiger partial charge in [0.15, 0.2) is 0 Å². The summed E-state index contributed by atoms with van der Waals surface area (Å²) in [4.78, 5) is 0. The zero-order valence-electron chi connectivity index (χ0n) is 9.00. The molecule has 0 aromatic heterocycles. The van der Waals surface area contributed by atoms with Crippen LogP contribution < -0.4 is 59.1 Å². The van der Waals surface area contributed by atoms with Gasteiger partial charge >= 0.3 is 59.1 Å². The SMILES string of the molecule is O.O.O.O.O.O.O.O.O.S.[H-].[H-].[Na+].[Na+]. The van der Waals surface area contributed by atoms with Crippen molar-refractivity contribution in [2.45, 2.75) is 0 Å². The molecule has 0 unspecified atom stereocenters. The Morgan fingerprint density at radius 3 is 0.333 bits per heavy atom. The van der Waals surface area contributed by atoms with E-state index >= 15 is 0 Å². The molecule has 0 bridgehead atoms. The summed E-state index contributed by atoms with van der Waals surface area (Å²) in [7, 11) is 0. The van der Waals surface area contributed by atoms with Gasteiger partial charge in [-0.3, -0.25) is 0 Å². The molecule has 9 nitrogen and oxygen atoms in total. The molecule has 0 atom stereocenters. The van der Waals surface area contributed by atoms with Crippen LogP contribution in [0.15, 0.2) is 0 Å². The van der Waals surface area contributed by atoms with Crippen LogP contribution in [0.25, 0.3) is 0 Å². The Balaban J connectivity index is 0. The third-order valence-electron chi connectivity index (χ3n) is 0. The average molecular weight is 244 g/mol. The Hall–Kier alpha value is 1.99. The molecular weight excluding hydrogens is 222 g/mol. The van der Waals surface area contributed by atoms with Crippen LogP contribution >= 0.6 is 13.5 Å². The van der Waals surface area contributed by atoms with Crippen LogP contribution in [-0.4, -0.2) is 49.3 Å². The monoisotopic (exact) mass is 244 g/mol. The summed E-state index contributed by atoms with van der Waals surface area (Å²) >= 11 is 0. The minimum atomic E-state index is 0. The molecule has 0 rings (SSSR count). The second-order valence-electron chi connectivity index (χ2n) is 0. The van der Waals surface area contributed by atoms with E-state index in [1.54, 1.807) is 0 Å². The zero-order valence-corrected chi connectivity index (χ0v) is 12.0. The molecule has 0 heterocycles. The Kier molecular flexibility index (Phi) is 23400. The van der Waals surface area contributed by atoms with Crippen molar-refractivity contribution >= 4 is 13.5 Å². The first kappa shape index (κ1) is 596. The van der Waals surface area contributed by atoms with Crippen molar-refractivity contribution in [2.75, 3.05) is 0 Å². The fourth-order valence-corrected chi connectivity index (χ4v) is 0. The topological polar surface area (TPSA) is 284 Å². The molecule has 0 saturated heterocycles. The fraction of sp³-hybridized carbons (Fsp3) is 0. The summed E-state index contributed by atoms with van der Waals surface area (Å²) in [6.45, 7) is 0. The fourth-order valence-electron chi connectivity index (χ4n) is 0. The average Bonchev–Trinajstić information content (AvgIpc) is 0. The largest absolute Gasteiger partial charge is 1.00 e. The Labute approximate surface area is 124 Å². The minimum absolute atomic E-state index is 0. The van der Waals surface area contributed by atoms with Crippen molar-refractivity contribution in [1.29, 1.82) is 0 Å². The van der Waals surface area contributed by atoms with Crippen LogP contribution in [0.2, 0.25) is 0 Å². The minimum Gasteiger partial charge on any atom is -1.00 e. The standard InChI is InChI=1S/2Na.9H2O.H2S.2H/h;;10*1H2;;/q2*+1;;;;;;;;;;;2*-1. The second kappa shape index (κ2) is 472. The van der Waals surface area contributed by atoms with E-state index in [0.29, 0.717) is 0 Å². The third-order valence-corrected chi connectivity index (χ3v) is 0. The summed E-state index contributed by atoms with van der Waals surface area (Å²) in [5.41, 5.74) is 0. The third kappa shape index (κ3) is 366.